The molecule has 244 valence electrons. The maximum atomic E-state index is 12.4. The van der Waals surface area contributed by atoms with E-state index in [2.05, 4.69) is 94.8 Å². The summed E-state index contributed by atoms with van der Waals surface area (Å²) in [6.45, 7) is 10.2. The lowest BCUT2D eigenvalue weighted by Crippen LogP contribution is -2.38. The molecule has 1 atom stereocenters. The molecule has 10 heteroatoms. The molecule has 4 rings (SSSR count). The van der Waals surface area contributed by atoms with Crippen molar-refractivity contribution in [3.63, 3.8) is 0 Å². The van der Waals surface area contributed by atoms with Crippen molar-refractivity contribution in [1.29, 1.82) is 0 Å². The summed E-state index contributed by atoms with van der Waals surface area (Å²) in [6, 6.07) is 20.7. The topological polar surface area (TPSA) is 69.1 Å². The van der Waals surface area contributed by atoms with Crippen molar-refractivity contribution >= 4 is 40.1 Å². The van der Waals surface area contributed by atoms with E-state index in [0.29, 0.717) is 39.3 Å². The average molecular weight is 747 g/mol. The fourth-order valence-corrected chi connectivity index (χ4v) is 6.43. The number of halogens is 1. The summed E-state index contributed by atoms with van der Waals surface area (Å²) in [6.07, 6.45) is 7.53. The zero-order chi connectivity index (χ0) is 32.3. The van der Waals surface area contributed by atoms with Crippen LogP contribution in [0.25, 0.3) is 5.57 Å². The van der Waals surface area contributed by atoms with Crippen LogP contribution in [0.3, 0.4) is 0 Å². The summed E-state index contributed by atoms with van der Waals surface area (Å²) in [5.74, 6) is 0. The van der Waals surface area contributed by atoms with E-state index in [4.69, 9.17) is 19.3 Å². The highest BCUT2D eigenvalue weighted by atomic mass is 127. The Balaban J connectivity index is 1.41. The van der Waals surface area contributed by atoms with E-state index in [1.165, 1.54) is 22.3 Å². The largest absolute Gasteiger partial charge is 0.444 e. The quantitative estimate of drug-likeness (QED) is 0.116. The summed E-state index contributed by atoms with van der Waals surface area (Å²) >= 11 is 2.38. The molecule has 0 aliphatic heterocycles. The Morgan fingerprint density at radius 2 is 1.58 bits per heavy atom. The van der Waals surface area contributed by atoms with Crippen molar-refractivity contribution in [3.05, 3.63) is 95.3 Å². The van der Waals surface area contributed by atoms with Crippen LogP contribution in [0.1, 0.15) is 62.4 Å². The number of carbonyl (C=O) groups is 1. The second kappa shape index (κ2) is 17.0. The lowest BCUT2D eigenvalue weighted by molar-refractivity contribution is -0.0370. The van der Waals surface area contributed by atoms with E-state index in [1.807, 2.05) is 37.4 Å². The minimum absolute atomic E-state index is 0.0934. The number of benzene rings is 2. The molecule has 1 aliphatic carbocycles. The second-order valence-electron chi connectivity index (χ2n) is 13.1. The molecule has 0 fully saturated rings. The number of carbonyl (C=O) groups excluding carboxylic acids is 1. The molecule has 8 nitrogen and oxygen atoms in total. The molecule has 1 amide bonds. The highest BCUT2D eigenvalue weighted by Crippen LogP contribution is 2.41. The standard InChI is InChI=1S/C35H48IN4O4P/c1-34(2,3)44-33(41)39(5)21-20-38(4)22-31-23-40(45-36)37-32(31)30-16-18-35(19-17-30,26-42-24-28-12-8-6-9-13-28)27-43-25-29-14-10-7-11-15-29/h6-16,23,45H,17-22,24-27H2,1-5H3. The van der Waals surface area contributed by atoms with Gasteiger partial charge in [0.25, 0.3) is 0 Å². The molecule has 1 aliphatic rings. The zero-order valence-corrected chi connectivity index (χ0v) is 30.5. The van der Waals surface area contributed by atoms with Gasteiger partial charge in [-0.1, -0.05) is 66.7 Å². The molecule has 1 heterocycles. The Morgan fingerprint density at radius 3 is 2.09 bits per heavy atom. The number of amides is 1. The zero-order valence-electron chi connectivity index (χ0n) is 27.3. The van der Waals surface area contributed by atoms with Crippen LogP contribution in [0.5, 0.6) is 0 Å². The lowest BCUT2D eigenvalue weighted by atomic mass is 9.75. The molecular formula is C35H48IN4O4P. The van der Waals surface area contributed by atoms with Crippen molar-refractivity contribution in [3.8, 4) is 0 Å². The molecule has 0 saturated carbocycles. The van der Waals surface area contributed by atoms with E-state index in [9.17, 15) is 4.79 Å². The highest BCUT2D eigenvalue weighted by molar-refractivity contribution is 14.2. The van der Waals surface area contributed by atoms with Gasteiger partial charge in [-0.15, -0.1) is 0 Å². The van der Waals surface area contributed by atoms with Crippen LogP contribution in [0, 0.1) is 5.41 Å². The minimum Gasteiger partial charge on any atom is -0.444 e. The monoisotopic (exact) mass is 746 g/mol. The van der Waals surface area contributed by atoms with E-state index < -0.39 is 5.60 Å². The van der Waals surface area contributed by atoms with Gasteiger partial charge >= 0.3 is 6.09 Å². The number of aromatic nitrogens is 2. The predicted molar refractivity (Wildman–Crippen MR) is 192 cm³/mol. The molecule has 2 aromatic carbocycles. The van der Waals surface area contributed by atoms with Gasteiger partial charge in [0.2, 0.25) is 0 Å². The molecule has 0 N–H and O–H groups in total. The summed E-state index contributed by atoms with van der Waals surface area (Å²) < 4.78 is 20.2. The Kier molecular flexibility index (Phi) is 13.4. The third-order valence-corrected chi connectivity index (χ3v) is 9.77. The summed E-state index contributed by atoms with van der Waals surface area (Å²) in [5.41, 5.74) is 5.34. The molecule has 0 bridgehead atoms. The molecule has 45 heavy (non-hydrogen) atoms. The van der Waals surface area contributed by atoms with Gasteiger partial charge in [0.15, 0.2) is 0 Å². The summed E-state index contributed by atoms with van der Waals surface area (Å²) in [5, 5.41) is 5.00. The van der Waals surface area contributed by atoms with Gasteiger partial charge < -0.3 is 24.0 Å². The lowest BCUT2D eigenvalue weighted by Gasteiger charge is -2.36. The fraction of sp³-hybridized carbons (Fsp3) is 0.486. The van der Waals surface area contributed by atoms with E-state index >= 15 is 0 Å². The van der Waals surface area contributed by atoms with Gasteiger partial charge in [-0.3, -0.25) is 0 Å². The third-order valence-electron chi connectivity index (χ3n) is 7.89. The maximum Gasteiger partial charge on any atom is 0.410 e. The summed E-state index contributed by atoms with van der Waals surface area (Å²) in [7, 11) is 3.87. The number of rotatable bonds is 15. The van der Waals surface area contributed by atoms with E-state index in [0.717, 1.165) is 38.0 Å². The molecule has 0 radical (unpaired) electrons. The fourth-order valence-electron chi connectivity index (χ4n) is 5.34. The first-order chi connectivity index (χ1) is 21.6. The van der Waals surface area contributed by atoms with Crippen LogP contribution < -0.4 is 0 Å². The molecule has 1 aromatic heterocycles. The molecule has 0 saturated heterocycles. The van der Waals surface area contributed by atoms with Crippen molar-refractivity contribution in [2.24, 2.45) is 5.41 Å². The second-order valence-corrected chi connectivity index (χ2v) is 15.1. The Bertz CT molecular complexity index is 1330. The first-order valence-corrected chi connectivity index (χ1v) is 19.6. The van der Waals surface area contributed by atoms with Gasteiger partial charge in [-0.05, 0) is 85.8 Å². The number of ether oxygens (including phenoxy) is 3. The molecule has 1 unspecified atom stereocenters. The SMILES string of the molecule is CN(CCN(C)C(=O)OC(C)(C)C)Cc1cn(PI)nc1C1=CCC(COCc2ccccc2)(COCc2ccccc2)CC1. The first-order valence-electron chi connectivity index (χ1n) is 15.6. The van der Waals surface area contributed by atoms with Gasteiger partial charge in [0, 0.05) is 43.9 Å². The number of likely N-dealkylation sites (N-methyl/N-ethyl adjacent to an activating group) is 2. The van der Waals surface area contributed by atoms with Crippen LogP contribution >= 0.6 is 28.4 Å². The van der Waals surface area contributed by atoms with Gasteiger partial charge in [-0.25, -0.2) is 9.25 Å². The normalized spacial score (nSPS) is 15.0. The number of hydrogen-bond donors (Lipinski definition) is 0. The maximum absolute atomic E-state index is 12.4. The van der Waals surface area contributed by atoms with Crippen LogP contribution in [0.15, 0.2) is 72.9 Å². The predicted octanol–water partition coefficient (Wildman–Crippen LogP) is 7.96. The van der Waals surface area contributed by atoms with Gasteiger partial charge in [0.05, 0.1) is 38.5 Å². The number of nitrogens with zero attached hydrogens (tertiary/aromatic N) is 4. The van der Waals surface area contributed by atoms with E-state index in [1.54, 1.807) is 11.9 Å². The van der Waals surface area contributed by atoms with Crippen molar-refractivity contribution in [2.75, 3.05) is 40.4 Å². The Hall–Kier alpha value is -2.30. The molecular weight excluding hydrogens is 698 g/mol. The Labute approximate surface area is 283 Å². The van der Waals surface area contributed by atoms with Crippen LogP contribution in [-0.4, -0.2) is 71.4 Å². The number of hydrogen-bond acceptors (Lipinski definition) is 6. The van der Waals surface area contributed by atoms with Gasteiger partial charge in [-0.2, -0.15) is 5.10 Å². The number of allylic oxidation sites excluding steroid dienone is 2. The van der Waals surface area contributed by atoms with Crippen molar-refractivity contribution in [1.82, 2.24) is 19.4 Å². The first kappa shape index (κ1) is 35.6. The summed E-state index contributed by atoms with van der Waals surface area (Å²) in [4.78, 5) is 16.3. The van der Waals surface area contributed by atoms with E-state index in [-0.39, 0.29) is 11.5 Å². The minimum atomic E-state index is -0.506. The third kappa shape index (κ3) is 11.5. The van der Waals surface area contributed by atoms with Crippen LogP contribution in [0.4, 0.5) is 4.79 Å². The van der Waals surface area contributed by atoms with Crippen molar-refractivity contribution in [2.45, 2.75) is 65.4 Å². The van der Waals surface area contributed by atoms with Crippen LogP contribution in [0.2, 0.25) is 0 Å². The Morgan fingerprint density at radius 1 is 0.978 bits per heavy atom. The van der Waals surface area contributed by atoms with Gasteiger partial charge in [0.1, 0.15) is 5.60 Å². The molecule has 0 spiro atoms. The van der Waals surface area contributed by atoms with Crippen LogP contribution in [-0.2, 0) is 34.0 Å². The smallest absolute Gasteiger partial charge is 0.410 e. The average Bonchev–Trinajstić information content (AvgIpc) is 3.43. The highest BCUT2D eigenvalue weighted by Gasteiger charge is 2.34. The van der Waals surface area contributed by atoms with Crippen molar-refractivity contribution < 1.29 is 19.0 Å². The molecule has 3 aromatic rings.